The van der Waals surface area contributed by atoms with Gasteiger partial charge < -0.3 is 23.8 Å². The lowest BCUT2D eigenvalue weighted by atomic mass is 10.1. The van der Waals surface area contributed by atoms with E-state index in [4.69, 9.17) is 14.2 Å². The van der Waals surface area contributed by atoms with E-state index in [1.165, 1.54) is 64.2 Å². The maximum atomic E-state index is 12.5. The van der Waals surface area contributed by atoms with Gasteiger partial charge in [-0.3, -0.25) is 9.59 Å². The molecule has 1 N–H and O–H groups in total. The Bertz CT molecular complexity index is 948. The van der Waals surface area contributed by atoms with Crippen molar-refractivity contribution in [2.24, 2.45) is 0 Å². The fraction of sp³-hybridized carbons (Fsp3) is 0.732. The molecule has 8 nitrogen and oxygen atoms in total. The number of unbranched alkanes of at least 4 members (excludes halogenated alkanes) is 11. The summed E-state index contributed by atoms with van der Waals surface area (Å²) >= 11 is 0. The minimum atomic E-state index is -0.889. The molecule has 0 amide bonds. The van der Waals surface area contributed by atoms with Gasteiger partial charge in [-0.25, -0.2) is 4.79 Å². The highest BCUT2D eigenvalue weighted by Gasteiger charge is 2.31. The van der Waals surface area contributed by atoms with E-state index in [0.717, 1.165) is 32.1 Å². The third-order valence-corrected chi connectivity index (χ3v) is 8.21. The minimum absolute atomic E-state index is 0.0287. The van der Waals surface area contributed by atoms with Crippen LogP contribution in [0.4, 0.5) is 0 Å². The number of nitrogens with zero attached hydrogens (tertiary/aromatic N) is 1. The van der Waals surface area contributed by atoms with Crippen LogP contribution in [0.15, 0.2) is 48.6 Å². The molecule has 0 rings (SSSR count). The van der Waals surface area contributed by atoms with Crippen molar-refractivity contribution < 1.29 is 38.2 Å². The quantitative estimate of drug-likeness (QED) is 0.0317. The first kappa shape index (κ1) is 46.3. The van der Waals surface area contributed by atoms with Crippen molar-refractivity contribution >= 4 is 17.9 Å². The maximum absolute atomic E-state index is 12.5. The first-order chi connectivity index (χ1) is 23.6. The Morgan fingerprint density at radius 2 is 1.12 bits per heavy atom. The highest BCUT2D eigenvalue weighted by atomic mass is 16.6. The number of carbonyl (C=O) groups excluding carboxylic acids is 2. The van der Waals surface area contributed by atoms with Gasteiger partial charge in [0.05, 0.1) is 34.4 Å². The summed E-state index contributed by atoms with van der Waals surface area (Å²) in [4.78, 5) is 36.6. The lowest BCUT2D eigenvalue weighted by Gasteiger charge is -2.31. The number of ether oxygens (including phenoxy) is 3. The monoisotopic (exact) mass is 691 g/mol. The summed E-state index contributed by atoms with van der Waals surface area (Å²) in [5.74, 6) is -1.61. The third kappa shape index (κ3) is 31.0. The lowest BCUT2D eigenvalue weighted by molar-refractivity contribution is -0.887. The fourth-order valence-electron chi connectivity index (χ4n) is 5.18. The molecule has 8 heteroatoms. The van der Waals surface area contributed by atoms with E-state index in [9.17, 15) is 19.5 Å². The van der Waals surface area contributed by atoms with Gasteiger partial charge in [0.25, 0.3) is 0 Å². The molecule has 0 spiro atoms. The summed E-state index contributed by atoms with van der Waals surface area (Å²) in [5, 5.41) is 9.56. The number of carboxylic acid groups (broad SMARTS) is 1. The van der Waals surface area contributed by atoms with E-state index >= 15 is 0 Å². The van der Waals surface area contributed by atoms with E-state index < -0.39 is 18.1 Å². The van der Waals surface area contributed by atoms with E-state index in [1.54, 1.807) is 0 Å². The van der Waals surface area contributed by atoms with Gasteiger partial charge in [0, 0.05) is 19.3 Å². The first-order valence-corrected chi connectivity index (χ1v) is 19.2. The van der Waals surface area contributed by atoms with Crippen molar-refractivity contribution in [2.75, 3.05) is 41.0 Å². The second-order valence-electron chi connectivity index (χ2n) is 13.8. The van der Waals surface area contributed by atoms with E-state index in [-0.39, 0.29) is 49.1 Å². The summed E-state index contributed by atoms with van der Waals surface area (Å²) in [7, 11) is 5.48. The number of hydrogen-bond acceptors (Lipinski definition) is 6. The number of esters is 2. The smallest absolute Gasteiger partial charge is 0.362 e. The Morgan fingerprint density at radius 1 is 0.612 bits per heavy atom. The summed E-state index contributed by atoms with van der Waals surface area (Å²) in [6.07, 6.45) is 36.2. The van der Waals surface area contributed by atoms with Crippen LogP contribution in [0.1, 0.15) is 142 Å². The Morgan fingerprint density at radius 3 is 1.71 bits per heavy atom. The van der Waals surface area contributed by atoms with Crippen molar-refractivity contribution in [3.05, 3.63) is 48.6 Å². The van der Waals surface area contributed by atoms with Gasteiger partial charge in [0.2, 0.25) is 0 Å². The zero-order valence-electron chi connectivity index (χ0n) is 31.9. The molecule has 0 heterocycles. The number of hydrogen-bond donors (Lipinski definition) is 1. The largest absolute Gasteiger partial charge is 0.477 e. The first-order valence-electron chi connectivity index (χ1n) is 19.2. The van der Waals surface area contributed by atoms with Crippen LogP contribution >= 0.6 is 0 Å². The van der Waals surface area contributed by atoms with Gasteiger partial charge in [0.15, 0.2) is 12.1 Å². The molecule has 49 heavy (non-hydrogen) atoms. The number of likely N-dealkylation sites (N-methyl/N-ethyl adjacent to an activating group) is 1. The van der Waals surface area contributed by atoms with E-state index in [0.29, 0.717) is 19.3 Å². The molecule has 0 aliphatic rings. The van der Waals surface area contributed by atoms with E-state index in [2.05, 4.69) is 56.4 Å². The topological polar surface area (TPSA) is 99.1 Å². The van der Waals surface area contributed by atoms with Crippen LogP contribution in [-0.2, 0) is 28.6 Å². The second-order valence-corrected chi connectivity index (χ2v) is 13.8. The van der Waals surface area contributed by atoms with Crippen LogP contribution in [0.25, 0.3) is 0 Å². The van der Waals surface area contributed by atoms with Gasteiger partial charge >= 0.3 is 17.9 Å². The Balaban J connectivity index is 4.47. The Kier molecular flexibility index (Phi) is 30.7. The number of carboxylic acids is 1. The molecule has 0 aromatic carbocycles. The third-order valence-electron chi connectivity index (χ3n) is 8.21. The molecule has 282 valence electrons. The molecule has 0 aromatic heterocycles. The predicted molar refractivity (Wildman–Crippen MR) is 201 cm³/mol. The number of quaternary nitrogens is 1. The number of carbonyl (C=O) groups is 3. The van der Waals surface area contributed by atoms with Gasteiger partial charge in [-0.15, -0.1) is 0 Å². The van der Waals surface area contributed by atoms with Crippen LogP contribution in [0.3, 0.4) is 0 Å². The second kappa shape index (κ2) is 32.5. The summed E-state index contributed by atoms with van der Waals surface area (Å²) < 4.78 is 17.0. The van der Waals surface area contributed by atoms with Crippen molar-refractivity contribution in [1.29, 1.82) is 0 Å². The standard InChI is InChI=1S/C41H71NO7/c1-6-8-10-12-14-16-17-18-19-20-21-22-23-24-26-27-29-31-39(43)48-36-37(35-47-34-33-38(41(45)46)42(3,4)5)49-40(44)32-30-28-25-15-13-11-9-7-2/h18-19,21-22,24-26,28,37-38H,6-17,20,23,27,29-36H2,1-5H3/p+1/b19-18+,22-21+,26-24+,28-25+. The van der Waals surface area contributed by atoms with Gasteiger partial charge in [-0.2, -0.15) is 0 Å². The molecule has 0 bridgehead atoms. The Labute approximate surface area is 299 Å². The van der Waals surface area contributed by atoms with Crippen molar-refractivity contribution in [2.45, 2.75) is 154 Å². The molecule has 2 unspecified atom stereocenters. The molecule has 0 aliphatic carbocycles. The maximum Gasteiger partial charge on any atom is 0.362 e. The molecule has 0 saturated carbocycles. The Hall–Kier alpha value is -2.71. The molecule has 0 aliphatic heterocycles. The highest BCUT2D eigenvalue weighted by molar-refractivity contribution is 5.72. The fourth-order valence-corrected chi connectivity index (χ4v) is 5.18. The number of rotatable bonds is 33. The van der Waals surface area contributed by atoms with Crippen LogP contribution in [0.5, 0.6) is 0 Å². The van der Waals surface area contributed by atoms with Gasteiger partial charge in [-0.1, -0.05) is 114 Å². The summed E-state index contributed by atoms with van der Waals surface area (Å²) in [5.41, 5.74) is 0. The van der Waals surface area contributed by atoms with Crippen LogP contribution in [0.2, 0.25) is 0 Å². The van der Waals surface area contributed by atoms with Gasteiger partial charge in [0.1, 0.15) is 6.61 Å². The molecule has 0 aromatic rings. The zero-order valence-corrected chi connectivity index (χ0v) is 31.9. The number of aliphatic carboxylic acids is 1. The average molecular weight is 691 g/mol. The molecule has 0 radical (unpaired) electrons. The summed E-state index contributed by atoms with van der Waals surface area (Å²) in [6, 6.07) is -0.626. The minimum Gasteiger partial charge on any atom is -0.477 e. The molecule has 2 atom stereocenters. The normalized spacial score (nSPS) is 13.6. The van der Waals surface area contributed by atoms with Crippen molar-refractivity contribution in [3.63, 3.8) is 0 Å². The van der Waals surface area contributed by atoms with Gasteiger partial charge in [-0.05, 0) is 57.8 Å². The van der Waals surface area contributed by atoms with Crippen LogP contribution < -0.4 is 0 Å². The van der Waals surface area contributed by atoms with E-state index in [1.807, 2.05) is 27.2 Å². The molecular formula is C41H72NO7+. The lowest BCUT2D eigenvalue weighted by Crippen LogP contribution is -2.50. The van der Waals surface area contributed by atoms with Crippen molar-refractivity contribution in [3.8, 4) is 0 Å². The zero-order chi connectivity index (χ0) is 36.4. The molecular weight excluding hydrogens is 618 g/mol. The average Bonchev–Trinajstić information content (AvgIpc) is 3.05. The molecule has 0 fully saturated rings. The summed E-state index contributed by atoms with van der Waals surface area (Å²) in [6.45, 7) is 4.56. The van der Waals surface area contributed by atoms with Crippen LogP contribution in [0, 0.1) is 0 Å². The number of allylic oxidation sites excluding steroid dienone is 8. The predicted octanol–water partition coefficient (Wildman–Crippen LogP) is 9.68. The van der Waals surface area contributed by atoms with Crippen LogP contribution in [-0.4, -0.2) is 80.6 Å². The van der Waals surface area contributed by atoms with Crippen molar-refractivity contribution in [1.82, 2.24) is 0 Å². The SMILES string of the molecule is CCCCCC/C=C/CCC(=O)OC(COCCC(C(=O)O)[N+](C)(C)C)COC(=O)CCC/C=C/C/C=C/C/C=C/CCCCCCCC. The molecule has 0 saturated heterocycles. The highest BCUT2D eigenvalue weighted by Crippen LogP contribution is 2.11.